The third kappa shape index (κ3) is 4.24. The largest absolute Gasteiger partial charge is 0.469 e. The van der Waals surface area contributed by atoms with Crippen LogP contribution in [-0.2, 0) is 16.0 Å². The van der Waals surface area contributed by atoms with E-state index < -0.39 is 0 Å². The monoisotopic (exact) mass is 229 g/mol. The van der Waals surface area contributed by atoms with Crippen LogP contribution >= 0.6 is 11.3 Å². The van der Waals surface area contributed by atoms with Gasteiger partial charge in [0, 0.05) is 13.0 Å². The third-order valence-electron chi connectivity index (χ3n) is 1.76. The number of hydrogen-bond donors (Lipinski definition) is 1. The first-order chi connectivity index (χ1) is 7.26. The minimum absolute atomic E-state index is 0.221. The summed E-state index contributed by atoms with van der Waals surface area (Å²) in [5.41, 5.74) is 0. The molecule has 0 bridgehead atoms. The molecule has 0 atom stereocenters. The zero-order valence-electron chi connectivity index (χ0n) is 8.95. The van der Waals surface area contributed by atoms with Crippen LogP contribution in [0.2, 0.25) is 0 Å². The van der Waals surface area contributed by atoms with Gasteiger partial charge in [0.15, 0.2) is 0 Å². The molecule has 0 radical (unpaired) electrons. The molecule has 0 unspecified atom stereocenters. The quantitative estimate of drug-likeness (QED) is 0.748. The number of nitrogens with one attached hydrogen (secondary N) is 1. The van der Waals surface area contributed by atoms with Crippen molar-refractivity contribution in [2.75, 3.05) is 19.0 Å². The molecule has 0 aromatic carbocycles. The summed E-state index contributed by atoms with van der Waals surface area (Å²) in [4.78, 5) is 10.8. The van der Waals surface area contributed by atoms with Gasteiger partial charge in [-0.15, -0.1) is 10.2 Å². The molecule has 0 amide bonds. The van der Waals surface area contributed by atoms with Gasteiger partial charge in [-0.05, 0) is 6.42 Å². The Morgan fingerprint density at radius 3 is 3.00 bits per heavy atom. The van der Waals surface area contributed by atoms with Crippen LogP contribution in [-0.4, -0.2) is 29.8 Å². The lowest BCUT2D eigenvalue weighted by Crippen LogP contribution is -2.09. The summed E-state index contributed by atoms with van der Waals surface area (Å²) in [6.07, 6.45) is 2.37. The summed E-state index contributed by atoms with van der Waals surface area (Å²) in [7, 11) is 1.38. The second-order valence-corrected chi connectivity index (χ2v) is 4.07. The number of carbonyl (C=O) groups is 1. The van der Waals surface area contributed by atoms with E-state index in [1.54, 1.807) is 0 Å². The lowest BCUT2D eigenvalue weighted by Gasteiger charge is -1.99. The molecule has 0 saturated carbocycles. The van der Waals surface area contributed by atoms with E-state index in [1.807, 2.05) is 0 Å². The molecule has 0 saturated heterocycles. The molecule has 5 nitrogen and oxygen atoms in total. The summed E-state index contributed by atoms with van der Waals surface area (Å²) < 4.78 is 4.52. The van der Waals surface area contributed by atoms with Gasteiger partial charge < -0.3 is 10.1 Å². The second-order valence-electron chi connectivity index (χ2n) is 3.00. The first kappa shape index (κ1) is 11.9. The number of rotatable bonds is 6. The van der Waals surface area contributed by atoms with E-state index in [4.69, 9.17) is 0 Å². The first-order valence-electron chi connectivity index (χ1n) is 4.89. The van der Waals surface area contributed by atoms with E-state index in [9.17, 15) is 4.79 Å². The molecule has 0 aliphatic carbocycles. The van der Waals surface area contributed by atoms with Crippen LogP contribution < -0.4 is 5.32 Å². The summed E-state index contributed by atoms with van der Waals surface area (Å²) in [6, 6.07) is 0. The third-order valence-corrected chi connectivity index (χ3v) is 2.70. The Labute approximate surface area is 92.9 Å². The molecule has 1 N–H and O–H groups in total. The van der Waals surface area contributed by atoms with Crippen LogP contribution in [0.4, 0.5) is 5.13 Å². The number of aromatic nitrogens is 2. The maximum Gasteiger partial charge on any atom is 0.307 e. The van der Waals surface area contributed by atoms with Crippen LogP contribution in [0.5, 0.6) is 0 Å². The fourth-order valence-electron chi connectivity index (χ4n) is 1.01. The standard InChI is InChI=1S/C9H15N3O2S/c1-3-4-7-11-12-9(15-7)10-6-5-8(13)14-2/h3-6H2,1-2H3,(H,10,12). The van der Waals surface area contributed by atoms with E-state index in [1.165, 1.54) is 18.4 Å². The van der Waals surface area contributed by atoms with Crippen molar-refractivity contribution in [3.8, 4) is 0 Å². The number of ether oxygens (including phenoxy) is 1. The number of aryl methyl sites for hydroxylation is 1. The Morgan fingerprint density at radius 1 is 1.53 bits per heavy atom. The van der Waals surface area contributed by atoms with E-state index >= 15 is 0 Å². The molecule has 84 valence electrons. The fourth-order valence-corrected chi connectivity index (χ4v) is 1.88. The Bertz CT molecular complexity index is 314. The SMILES string of the molecule is CCCc1nnc(NCCC(=O)OC)s1. The van der Waals surface area contributed by atoms with Crippen molar-refractivity contribution in [2.24, 2.45) is 0 Å². The van der Waals surface area contributed by atoms with Crippen molar-refractivity contribution in [1.29, 1.82) is 0 Å². The van der Waals surface area contributed by atoms with Crippen molar-refractivity contribution >= 4 is 22.4 Å². The molecule has 6 heteroatoms. The topological polar surface area (TPSA) is 64.1 Å². The van der Waals surface area contributed by atoms with E-state index in [2.05, 4.69) is 27.2 Å². The van der Waals surface area contributed by atoms with Gasteiger partial charge in [-0.1, -0.05) is 18.3 Å². The highest BCUT2D eigenvalue weighted by Gasteiger charge is 2.04. The Hall–Kier alpha value is -1.17. The Kier molecular flexibility index (Phi) is 5.03. The van der Waals surface area contributed by atoms with Gasteiger partial charge in [-0.2, -0.15) is 0 Å². The Balaban J connectivity index is 2.28. The first-order valence-corrected chi connectivity index (χ1v) is 5.71. The van der Waals surface area contributed by atoms with Crippen molar-refractivity contribution in [2.45, 2.75) is 26.2 Å². The van der Waals surface area contributed by atoms with Crippen LogP contribution in [0.25, 0.3) is 0 Å². The molecular formula is C9H15N3O2S. The molecule has 1 aromatic heterocycles. The van der Waals surface area contributed by atoms with Gasteiger partial charge >= 0.3 is 5.97 Å². The predicted molar refractivity (Wildman–Crippen MR) is 59.0 cm³/mol. The minimum Gasteiger partial charge on any atom is -0.469 e. The number of hydrogen-bond acceptors (Lipinski definition) is 6. The Morgan fingerprint density at radius 2 is 2.33 bits per heavy atom. The highest BCUT2D eigenvalue weighted by molar-refractivity contribution is 7.15. The maximum absolute atomic E-state index is 10.8. The fraction of sp³-hybridized carbons (Fsp3) is 0.667. The van der Waals surface area contributed by atoms with Gasteiger partial charge in [0.2, 0.25) is 5.13 Å². The van der Waals surface area contributed by atoms with Crippen molar-refractivity contribution in [3.63, 3.8) is 0 Å². The molecule has 1 aromatic rings. The van der Waals surface area contributed by atoms with E-state index in [-0.39, 0.29) is 5.97 Å². The molecule has 0 aliphatic heterocycles. The molecular weight excluding hydrogens is 214 g/mol. The smallest absolute Gasteiger partial charge is 0.307 e. The lowest BCUT2D eigenvalue weighted by molar-refractivity contribution is -0.140. The van der Waals surface area contributed by atoms with Crippen molar-refractivity contribution in [3.05, 3.63) is 5.01 Å². The summed E-state index contributed by atoms with van der Waals surface area (Å²) in [6.45, 7) is 2.64. The van der Waals surface area contributed by atoms with Crippen LogP contribution in [0.1, 0.15) is 24.8 Å². The maximum atomic E-state index is 10.8. The number of methoxy groups -OCH3 is 1. The number of nitrogens with zero attached hydrogens (tertiary/aromatic N) is 2. The van der Waals surface area contributed by atoms with Gasteiger partial charge in [0.25, 0.3) is 0 Å². The molecule has 0 aliphatic rings. The number of esters is 1. The summed E-state index contributed by atoms with van der Waals surface area (Å²) in [5.74, 6) is -0.221. The summed E-state index contributed by atoms with van der Waals surface area (Å²) in [5, 5.41) is 12.8. The minimum atomic E-state index is -0.221. The zero-order valence-corrected chi connectivity index (χ0v) is 9.76. The highest BCUT2D eigenvalue weighted by Crippen LogP contribution is 2.16. The van der Waals surface area contributed by atoms with Gasteiger partial charge in [0.1, 0.15) is 5.01 Å². The molecule has 0 fully saturated rings. The predicted octanol–water partition coefficient (Wildman–Crippen LogP) is 1.47. The average molecular weight is 229 g/mol. The second kappa shape index (κ2) is 6.34. The molecule has 1 rings (SSSR count). The molecule has 15 heavy (non-hydrogen) atoms. The van der Waals surface area contributed by atoms with Crippen LogP contribution in [0, 0.1) is 0 Å². The van der Waals surface area contributed by atoms with Crippen molar-refractivity contribution < 1.29 is 9.53 Å². The van der Waals surface area contributed by atoms with Gasteiger partial charge in [0.05, 0.1) is 13.5 Å². The van der Waals surface area contributed by atoms with Crippen molar-refractivity contribution in [1.82, 2.24) is 10.2 Å². The van der Waals surface area contributed by atoms with E-state index in [0.717, 1.165) is 23.0 Å². The average Bonchev–Trinajstić information content (AvgIpc) is 2.66. The zero-order chi connectivity index (χ0) is 11.1. The van der Waals surface area contributed by atoms with Gasteiger partial charge in [-0.25, -0.2) is 0 Å². The van der Waals surface area contributed by atoms with E-state index in [0.29, 0.717) is 13.0 Å². The highest BCUT2D eigenvalue weighted by atomic mass is 32.1. The molecule has 0 spiro atoms. The number of anilines is 1. The van der Waals surface area contributed by atoms with Gasteiger partial charge in [-0.3, -0.25) is 4.79 Å². The number of carbonyl (C=O) groups excluding carboxylic acids is 1. The molecule has 1 heterocycles. The van der Waals surface area contributed by atoms with Crippen LogP contribution in [0.15, 0.2) is 0 Å². The summed E-state index contributed by atoms with van der Waals surface area (Å²) >= 11 is 1.53. The normalized spacial score (nSPS) is 10.0. The lowest BCUT2D eigenvalue weighted by atomic mass is 10.4. The van der Waals surface area contributed by atoms with Crippen LogP contribution in [0.3, 0.4) is 0 Å².